The zero-order valence-electron chi connectivity index (χ0n) is 33.6. The number of amides is 4. The van der Waals surface area contributed by atoms with E-state index in [4.69, 9.17) is 9.47 Å². The number of carbonyl (C=O) groups is 5. The Kier molecular flexibility index (Phi) is 16.3. The lowest BCUT2D eigenvalue weighted by Gasteiger charge is -2.41. The van der Waals surface area contributed by atoms with Gasteiger partial charge in [0.2, 0.25) is 23.6 Å². The molecule has 13 heteroatoms. The maximum absolute atomic E-state index is 14.2. The fourth-order valence-electron chi connectivity index (χ4n) is 8.07. The number of methoxy groups -OCH3 is 2. The molecule has 0 radical (unpaired) electrons. The van der Waals surface area contributed by atoms with E-state index in [2.05, 4.69) is 10.6 Å². The number of carboxylic acids is 1. The van der Waals surface area contributed by atoms with Crippen molar-refractivity contribution in [2.45, 2.75) is 128 Å². The second-order valence-corrected chi connectivity index (χ2v) is 15.7. The SMILES string of the molecule is CC[C@H](C)[C@@H]([C@@H](CC(=O)N1CCCC1[C@H](OC)[C@@H](C)C(=O)N[C@@H](Cc1ccccc1)C(=O)O)OC)N(C)C(=O)[C@@H](NC(=O)[C@]1(C)CCCN1C)C(C)C. The second kappa shape index (κ2) is 19.7. The Morgan fingerprint density at radius 1 is 1.00 bits per heavy atom. The van der Waals surface area contributed by atoms with E-state index >= 15 is 0 Å². The Labute approximate surface area is 316 Å². The van der Waals surface area contributed by atoms with Crippen LogP contribution in [0.25, 0.3) is 0 Å². The lowest BCUT2D eigenvalue weighted by molar-refractivity contribution is -0.148. The summed E-state index contributed by atoms with van der Waals surface area (Å²) < 4.78 is 11.9. The van der Waals surface area contributed by atoms with Crippen molar-refractivity contribution in [1.82, 2.24) is 25.3 Å². The molecule has 3 N–H and O–H groups in total. The minimum absolute atomic E-state index is 0.00360. The number of benzene rings is 1. The van der Waals surface area contributed by atoms with Crippen LogP contribution in [0.2, 0.25) is 0 Å². The van der Waals surface area contributed by atoms with Gasteiger partial charge < -0.3 is 35.0 Å². The summed E-state index contributed by atoms with van der Waals surface area (Å²) in [5.74, 6) is -3.14. The Balaban J connectivity index is 1.77. The topological polar surface area (TPSA) is 158 Å². The van der Waals surface area contributed by atoms with Crippen molar-refractivity contribution >= 4 is 29.6 Å². The first-order valence-electron chi connectivity index (χ1n) is 19.2. The van der Waals surface area contributed by atoms with E-state index in [0.717, 1.165) is 31.4 Å². The summed E-state index contributed by atoms with van der Waals surface area (Å²) in [7, 11) is 6.70. The highest BCUT2D eigenvalue weighted by atomic mass is 16.5. The molecule has 1 aromatic carbocycles. The van der Waals surface area contributed by atoms with Crippen LogP contribution in [0, 0.1) is 17.8 Å². The third-order valence-electron chi connectivity index (χ3n) is 11.9. The first-order valence-corrected chi connectivity index (χ1v) is 19.2. The van der Waals surface area contributed by atoms with Crippen LogP contribution >= 0.6 is 0 Å². The molecule has 0 spiro atoms. The summed E-state index contributed by atoms with van der Waals surface area (Å²) >= 11 is 0. The van der Waals surface area contributed by atoms with E-state index < -0.39 is 59.7 Å². The molecule has 0 saturated carbocycles. The van der Waals surface area contributed by atoms with Gasteiger partial charge in [-0.1, -0.05) is 71.4 Å². The first kappa shape index (κ1) is 43.9. The quantitative estimate of drug-likeness (QED) is 0.193. The number of likely N-dealkylation sites (tertiary alicyclic amines) is 2. The summed E-state index contributed by atoms with van der Waals surface area (Å²) in [5, 5.41) is 15.6. The van der Waals surface area contributed by atoms with Crippen molar-refractivity contribution in [2.24, 2.45) is 17.8 Å². The van der Waals surface area contributed by atoms with Crippen LogP contribution < -0.4 is 10.6 Å². The van der Waals surface area contributed by atoms with E-state index in [1.54, 1.807) is 30.9 Å². The Hall–Kier alpha value is -3.55. The van der Waals surface area contributed by atoms with E-state index in [1.807, 2.05) is 76.9 Å². The normalized spacial score (nSPS) is 23.1. The maximum atomic E-state index is 14.2. The highest BCUT2D eigenvalue weighted by Crippen LogP contribution is 2.31. The van der Waals surface area contributed by atoms with Crippen LogP contribution in [0.4, 0.5) is 0 Å². The molecule has 1 aromatic rings. The third-order valence-corrected chi connectivity index (χ3v) is 11.9. The molecule has 3 rings (SSSR count). The Morgan fingerprint density at radius 2 is 1.66 bits per heavy atom. The van der Waals surface area contributed by atoms with Crippen LogP contribution in [0.1, 0.15) is 85.6 Å². The van der Waals surface area contributed by atoms with Gasteiger partial charge in [-0.05, 0) is 63.6 Å². The van der Waals surface area contributed by atoms with E-state index in [0.29, 0.717) is 19.4 Å². The predicted molar refractivity (Wildman–Crippen MR) is 203 cm³/mol. The van der Waals surface area contributed by atoms with Crippen LogP contribution in [0.15, 0.2) is 30.3 Å². The van der Waals surface area contributed by atoms with Crippen molar-refractivity contribution in [3.63, 3.8) is 0 Å². The van der Waals surface area contributed by atoms with Crippen molar-refractivity contribution in [3.8, 4) is 0 Å². The van der Waals surface area contributed by atoms with Gasteiger partial charge >= 0.3 is 5.97 Å². The highest BCUT2D eigenvalue weighted by molar-refractivity contribution is 5.92. The molecule has 298 valence electrons. The second-order valence-electron chi connectivity index (χ2n) is 15.7. The van der Waals surface area contributed by atoms with Crippen LogP contribution in [-0.2, 0) is 39.9 Å². The molecule has 2 aliphatic rings. The summed E-state index contributed by atoms with van der Waals surface area (Å²) in [4.78, 5) is 73.0. The molecule has 2 heterocycles. The average molecular weight is 744 g/mol. The number of hydrogen-bond acceptors (Lipinski definition) is 8. The zero-order chi connectivity index (χ0) is 39.6. The number of aliphatic carboxylic acids is 1. The molecular weight excluding hydrogens is 678 g/mol. The minimum atomic E-state index is -1.14. The van der Waals surface area contributed by atoms with Crippen molar-refractivity contribution in [3.05, 3.63) is 35.9 Å². The van der Waals surface area contributed by atoms with Crippen LogP contribution in [0.3, 0.4) is 0 Å². The Bertz CT molecular complexity index is 1390. The van der Waals surface area contributed by atoms with Gasteiger partial charge in [-0.25, -0.2) is 4.79 Å². The number of carboxylic acid groups (broad SMARTS) is 1. The van der Waals surface area contributed by atoms with Gasteiger partial charge in [-0.2, -0.15) is 0 Å². The molecule has 0 bridgehead atoms. The standard InChI is InChI=1S/C40H65N5O8/c1-11-26(4)34(44(8)37(48)33(25(2)3)42-39(51)40(6)20-16-21-43(40)7)31(52-9)24-32(46)45-22-15-19-30(45)35(53-10)27(5)36(47)41-29(38(49)50)23-28-17-13-12-14-18-28/h12-14,17-18,25-27,29-31,33-35H,11,15-16,19-24H2,1-10H3,(H,41,47)(H,42,51)(H,49,50)/t26-,27+,29-,30?,31+,33-,34-,35+,40-/m0/s1. The van der Waals surface area contributed by atoms with E-state index in [1.165, 1.54) is 7.11 Å². The average Bonchev–Trinajstić information content (AvgIpc) is 3.76. The van der Waals surface area contributed by atoms with Gasteiger partial charge in [0.25, 0.3) is 0 Å². The molecule has 53 heavy (non-hydrogen) atoms. The van der Waals surface area contributed by atoms with Crippen LogP contribution in [-0.4, -0.2) is 133 Å². The van der Waals surface area contributed by atoms with Crippen molar-refractivity contribution in [1.29, 1.82) is 0 Å². The van der Waals surface area contributed by atoms with Gasteiger partial charge in [-0.15, -0.1) is 0 Å². The number of rotatable bonds is 19. The molecule has 9 atom stereocenters. The van der Waals surface area contributed by atoms with E-state index in [9.17, 15) is 29.1 Å². The fourth-order valence-corrected chi connectivity index (χ4v) is 8.07. The molecule has 2 aliphatic heterocycles. The monoisotopic (exact) mass is 743 g/mol. The molecule has 4 amide bonds. The molecule has 0 aromatic heterocycles. The van der Waals surface area contributed by atoms with Gasteiger partial charge in [0.05, 0.1) is 42.2 Å². The molecular formula is C40H65N5O8. The number of hydrogen-bond donors (Lipinski definition) is 3. The lowest BCUT2D eigenvalue weighted by Crippen LogP contribution is -2.61. The summed E-state index contributed by atoms with van der Waals surface area (Å²) in [6.45, 7) is 12.8. The van der Waals surface area contributed by atoms with Crippen molar-refractivity contribution in [2.75, 3.05) is 41.4 Å². The molecule has 13 nitrogen and oxygen atoms in total. The van der Waals surface area contributed by atoms with Gasteiger partial charge in [0, 0.05) is 34.2 Å². The minimum Gasteiger partial charge on any atom is -0.480 e. The number of nitrogens with one attached hydrogen (secondary N) is 2. The van der Waals surface area contributed by atoms with Gasteiger partial charge in [-0.3, -0.25) is 24.1 Å². The number of likely N-dealkylation sites (N-methyl/N-ethyl adjacent to an activating group) is 2. The number of ether oxygens (including phenoxy) is 2. The summed E-state index contributed by atoms with van der Waals surface area (Å²) in [5.41, 5.74) is 0.101. The smallest absolute Gasteiger partial charge is 0.326 e. The molecule has 1 unspecified atom stereocenters. The molecule has 2 fully saturated rings. The van der Waals surface area contributed by atoms with Gasteiger partial charge in [0.1, 0.15) is 12.1 Å². The number of carbonyl (C=O) groups excluding carboxylic acids is 4. The number of nitrogens with zero attached hydrogens (tertiary/aromatic N) is 3. The highest BCUT2D eigenvalue weighted by Gasteiger charge is 2.45. The summed E-state index contributed by atoms with van der Waals surface area (Å²) in [6.07, 6.45) is 2.48. The zero-order valence-corrected chi connectivity index (χ0v) is 33.6. The predicted octanol–water partition coefficient (Wildman–Crippen LogP) is 3.34. The van der Waals surface area contributed by atoms with Crippen LogP contribution in [0.5, 0.6) is 0 Å². The fraction of sp³-hybridized carbons (Fsp3) is 0.725. The summed E-state index contributed by atoms with van der Waals surface area (Å²) in [6, 6.07) is 6.34. The van der Waals surface area contributed by atoms with Gasteiger partial charge in [0.15, 0.2) is 0 Å². The van der Waals surface area contributed by atoms with E-state index in [-0.39, 0.29) is 42.4 Å². The lowest BCUT2D eigenvalue weighted by atomic mass is 9.89. The third kappa shape index (κ3) is 10.6. The first-order chi connectivity index (χ1) is 25.0. The molecule has 2 saturated heterocycles. The molecule has 0 aliphatic carbocycles. The Morgan fingerprint density at radius 3 is 2.19 bits per heavy atom. The maximum Gasteiger partial charge on any atom is 0.326 e. The largest absolute Gasteiger partial charge is 0.480 e. The van der Waals surface area contributed by atoms with Crippen molar-refractivity contribution < 1.29 is 38.6 Å².